The fourth-order valence-electron chi connectivity index (χ4n) is 1.62. The van der Waals surface area contributed by atoms with E-state index in [9.17, 15) is 0 Å². The van der Waals surface area contributed by atoms with Gasteiger partial charge in [0.15, 0.2) is 4.60 Å². The Hall–Kier alpha value is -1.27. The molecule has 0 spiro atoms. The van der Waals surface area contributed by atoms with E-state index in [1.54, 1.807) is 17.1 Å². The molecular weight excluding hydrogens is 270 g/mol. The van der Waals surface area contributed by atoms with Gasteiger partial charge in [-0.05, 0) is 40.0 Å². The summed E-state index contributed by atoms with van der Waals surface area (Å²) in [5.74, 6) is 0. The highest BCUT2D eigenvalue weighted by Crippen LogP contribution is 2.25. The van der Waals surface area contributed by atoms with Gasteiger partial charge in [-0.15, -0.1) is 5.10 Å². The molecule has 16 heavy (non-hydrogen) atoms. The summed E-state index contributed by atoms with van der Waals surface area (Å²) in [4.78, 5) is 4.09. The molecule has 2 N–H and O–H groups in total. The molecule has 5 nitrogen and oxygen atoms in total. The van der Waals surface area contributed by atoms with Crippen LogP contribution in [-0.2, 0) is 7.05 Å². The van der Waals surface area contributed by atoms with Crippen LogP contribution in [0, 0.1) is 6.92 Å². The van der Waals surface area contributed by atoms with Gasteiger partial charge in [0.2, 0.25) is 0 Å². The molecule has 6 heteroatoms. The van der Waals surface area contributed by atoms with E-state index in [0.29, 0.717) is 4.60 Å². The van der Waals surface area contributed by atoms with E-state index in [1.165, 1.54) is 0 Å². The van der Waals surface area contributed by atoms with Crippen molar-refractivity contribution in [1.82, 2.24) is 20.0 Å². The van der Waals surface area contributed by atoms with Crippen LogP contribution in [0.2, 0.25) is 0 Å². The van der Waals surface area contributed by atoms with Crippen molar-refractivity contribution in [3.63, 3.8) is 0 Å². The van der Waals surface area contributed by atoms with E-state index in [0.717, 1.165) is 16.8 Å². The predicted octanol–water partition coefficient (Wildman–Crippen LogP) is 1.33. The minimum Gasteiger partial charge on any atom is -0.319 e. The van der Waals surface area contributed by atoms with Crippen molar-refractivity contribution < 1.29 is 0 Å². The first-order chi connectivity index (χ1) is 7.61. The normalized spacial score (nSPS) is 12.8. The molecule has 2 rings (SSSR count). The van der Waals surface area contributed by atoms with E-state index in [2.05, 4.69) is 31.2 Å². The van der Waals surface area contributed by atoms with Gasteiger partial charge in [0.05, 0.1) is 11.7 Å². The molecule has 2 aromatic heterocycles. The Morgan fingerprint density at radius 3 is 2.81 bits per heavy atom. The zero-order chi connectivity index (χ0) is 11.7. The quantitative estimate of drug-likeness (QED) is 0.902. The SMILES string of the molecule is Cc1ccncc1C(N)c1c(Br)nnn1C. The number of nitrogens with zero attached hydrogens (tertiary/aromatic N) is 4. The second kappa shape index (κ2) is 4.31. The Labute approximate surface area is 102 Å². The summed E-state index contributed by atoms with van der Waals surface area (Å²) in [5.41, 5.74) is 9.12. The number of halogens is 1. The summed E-state index contributed by atoms with van der Waals surface area (Å²) < 4.78 is 2.34. The highest BCUT2D eigenvalue weighted by molar-refractivity contribution is 9.10. The maximum Gasteiger partial charge on any atom is 0.153 e. The van der Waals surface area contributed by atoms with Crippen molar-refractivity contribution in [3.05, 3.63) is 39.9 Å². The van der Waals surface area contributed by atoms with Crippen LogP contribution in [0.1, 0.15) is 22.9 Å². The van der Waals surface area contributed by atoms with E-state index < -0.39 is 0 Å². The lowest BCUT2D eigenvalue weighted by Crippen LogP contribution is -2.17. The molecule has 0 aliphatic carbocycles. The summed E-state index contributed by atoms with van der Waals surface area (Å²) in [6.45, 7) is 2.01. The largest absolute Gasteiger partial charge is 0.319 e. The number of aromatic nitrogens is 4. The lowest BCUT2D eigenvalue weighted by atomic mass is 10.0. The molecule has 1 atom stereocenters. The zero-order valence-corrected chi connectivity index (χ0v) is 10.6. The third-order valence-corrected chi connectivity index (χ3v) is 3.10. The minimum atomic E-state index is -0.275. The van der Waals surface area contributed by atoms with Gasteiger partial charge in [-0.3, -0.25) is 4.98 Å². The standard InChI is InChI=1S/C10H12BrN5/c1-6-3-4-13-5-7(6)8(12)9-10(11)14-15-16(9)2/h3-5,8H,12H2,1-2H3. The van der Waals surface area contributed by atoms with Crippen LogP contribution in [0.25, 0.3) is 0 Å². The molecule has 0 aliphatic heterocycles. The molecule has 0 amide bonds. The van der Waals surface area contributed by atoms with Crippen LogP contribution < -0.4 is 5.73 Å². The van der Waals surface area contributed by atoms with Crippen LogP contribution in [0.3, 0.4) is 0 Å². The minimum absolute atomic E-state index is 0.275. The molecule has 2 aromatic rings. The van der Waals surface area contributed by atoms with Crippen molar-refractivity contribution in [3.8, 4) is 0 Å². The summed E-state index contributed by atoms with van der Waals surface area (Å²) in [5, 5.41) is 7.83. The highest BCUT2D eigenvalue weighted by Gasteiger charge is 2.19. The molecule has 0 saturated carbocycles. The average molecular weight is 282 g/mol. The fraction of sp³-hybridized carbons (Fsp3) is 0.300. The first kappa shape index (κ1) is 11.2. The van der Waals surface area contributed by atoms with E-state index in [-0.39, 0.29) is 6.04 Å². The lowest BCUT2D eigenvalue weighted by molar-refractivity contribution is 0.648. The van der Waals surface area contributed by atoms with Gasteiger partial charge in [0, 0.05) is 19.4 Å². The fourth-order valence-corrected chi connectivity index (χ4v) is 2.19. The molecule has 84 valence electrons. The Kier molecular flexibility index (Phi) is 3.02. The topological polar surface area (TPSA) is 69.6 Å². The van der Waals surface area contributed by atoms with Crippen molar-refractivity contribution in [2.24, 2.45) is 12.8 Å². The Morgan fingerprint density at radius 1 is 1.50 bits per heavy atom. The van der Waals surface area contributed by atoms with Gasteiger partial charge in [0.25, 0.3) is 0 Å². The summed E-state index contributed by atoms with van der Waals surface area (Å²) >= 11 is 3.34. The molecule has 0 fully saturated rings. The van der Waals surface area contributed by atoms with Crippen molar-refractivity contribution in [2.45, 2.75) is 13.0 Å². The van der Waals surface area contributed by atoms with Crippen molar-refractivity contribution >= 4 is 15.9 Å². The third-order valence-electron chi connectivity index (χ3n) is 2.54. The molecular formula is C10H12BrN5. The first-order valence-corrected chi connectivity index (χ1v) is 5.61. The van der Waals surface area contributed by atoms with Crippen molar-refractivity contribution in [2.75, 3.05) is 0 Å². The Balaban J connectivity index is 2.47. The summed E-state index contributed by atoms with van der Waals surface area (Å²) in [6, 6.07) is 1.66. The molecule has 1 unspecified atom stereocenters. The number of nitrogens with two attached hydrogens (primary N) is 1. The highest BCUT2D eigenvalue weighted by atomic mass is 79.9. The first-order valence-electron chi connectivity index (χ1n) is 4.82. The third kappa shape index (κ3) is 1.85. The lowest BCUT2D eigenvalue weighted by Gasteiger charge is -2.14. The number of hydrogen-bond donors (Lipinski definition) is 1. The summed E-state index contributed by atoms with van der Waals surface area (Å²) in [7, 11) is 1.82. The number of pyridine rings is 1. The van der Waals surface area contributed by atoms with Gasteiger partial charge in [-0.25, -0.2) is 4.68 Å². The second-order valence-corrected chi connectivity index (χ2v) is 4.35. The summed E-state index contributed by atoms with van der Waals surface area (Å²) in [6.07, 6.45) is 3.53. The maximum atomic E-state index is 6.19. The average Bonchev–Trinajstić information content (AvgIpc) is 2.58. The number of rotatable bonds is 2. The van der Waals surface area contributed by atoms with Crippen LogP contribution >= 0.6 is 15.9 Å². The molecule has 0 aromatic carbocycles. The van der Waals surface area contributed by atoms with E-state index in [4.69, 9.17) is 5.73 Å². The molecule has 0 saturated heterocycles. The van der Waals surface area contributed by atoms with Gasteiger partial charge in [0.1, 0.15) is 0 Å². The molecule has 0 aliphatic rings. The smallest absolute Gasteiger partial charge is 0.153 e. The molecule has 0 bridgehead atoms. The van der Waals surface area contributed by atoms with Gasteiger partial charge in [-0.2, -0.15) is 0 Å². The maximum absolute atomic E-state index is 6.19. The van der Waals surface area contributed by atoms with Crippen molar-refractivity contribution in [1.29, 1.82) is 0 Å². The molecule has 0 radical (unpaired) electrons. The van der Waals surface area contributed by atoms with Crippen LogP contribution in [0.5, 0.6) is 0 Å². The van der Waals surface area contributed by atoms with Crippen LogP contribution in [-0.4, -0.2) is 20.0 Å². The van der Waals surface area contributed by atoms with E-state index >= 15 is 0 Å². The zero-order valence-electron chi connectivity index (χ0n) is 9.05. The monoisotopic (exact) mass is 281 g/mol. The van der Waals surface area contributed by atoms with Gasteiger partial charge in [-0.1, -0.05) is 5.21 Å². The Morgan fingerprint density at radius 2 is 2.25 bits per heavy atom. The number of aryl methyl sites for hydroxylation is 2. The van der Waals surface area contributed by atoms with Gasteiger partial charge >= 0.3 is 0 Å². The van der Waals surface area contributed by atoms with Gasteiger partial charge < -0.3 is 5.73 Å². The Bertz CT molecular complexity index is 488. The van der Waals surface area contributed by atoms with E-state index in [1.807, 2.05) is 20.0 Å². The second-order valence-electron chi connectivity index (χ2n) is 3.60. The van der Waals surface area contributed by atoms with Crippen LogP contribution in [0.4, 0.5) is 0 Å². The predicted molar refractivity (Wildman–Crippen MR) is 63.7 cm³/mol. The molecule has 2 heterocycles. The van der Waals surface area contributed by atoms with Crippen LogP contribution in [0.15, 0.2) is 23.1 Å². The number of hydrogen-bond acceptors (Lipinski definition) is 4.